The minimum absolute atomic E-state index is 0. The maximum absolute atomic E-state index is 12.5. The normalized spacial score (nSPS) is 12.5. The van der Waals surface area contributed by atoms with Crippen LogP contribution in [0.4, 0.5) is 0 Å². The molecule has 2 atom stereocenters. The van der Waals surface area contributed by atoms with E-state index < -0.39 is 29.9 Å². The molecule has 0 aliphatic rings. The molecule has 1 aromatic heterocycles. The maximum atomic E-state index is 12.5. The number of benzene rings is 1. The maximum Gasteiger partial charge on any atom is 0.329 e. The van der Waals surface area contributed by atoms with Crippen LogP contribution in [0, 0.1) is 0 Å². The molecule has 1 heterocycles. The third-order valence-corrected chi connectivity index (χ3v) is 4.09. The fourth-order valence-electron chi connectivity index (χ4n) is 2.77. The lowest BCUT2D eigenvalue weighted by Crippen LogP contribution is -2.50. The molecule has 2 aromatic rings. The minimum atomic E-state index is -1.18. The number of aromatic amines is 1. The van der Waals surface area contributed by atoms with Crippen molar-refractivity contribution in [3.05, 3.63) is 30.0 Å². The lowest BCUT2D eigenvalue weighted by atomic mass is 10.0. The number of amides is 1. The average molecular weight is 428 g/mol. The van der Waals surface area contributed by atoms with Gasteiger partial charge in [0.05, 0.1) is 25.7 Å². The number of H-pyrrole nitrogens is 1. The minimum Gasteiger partial charge on any atom is -0.508 e. The van der Waals surface area contributed by atoms with Gasteiger partial charge in [0.1, 0.15) is 11.8 Å². The largest absolute Gasteiger partial charge is 0.508 e. The third kappa shape index (κ3) is 6.65. The molecule has 10 heteroatoms. The van der Waals surface area contributed by atoms with Gasteiger partial charge in [-0.25, -0.2) is 4.79 Å². The van der Waals surface area contributed by atoms with Crippen LogP contribution in [-0.2, 0) is 30.3 Å². The zero-order valence-corrected chi connectivity index (χ0v) is 17.1. The van der Waals surface area contributed by atoms with Gasteiger partial charge >= 0.3 is 11.9 Å². The van der Waals surface area contributed by atoms with Crippen molar-refractivity contribution in [1.82, 2.24) is 10.3 Å². The van der Waals surface area contributed by atoms with E-state index in [4.69, 9.17) is 15.2 Å². The number of hydrogen-bond acceptors (Lipinski definition) is 7. The average Bonchev–Trinajstić information content (AvgIpc) is 3.03. The van der Waals surface area contributed by atoms with Gasteiger partial charge in [0.2, 0.25) is 5.91 Å². The number of aromatic hydroxyl groups is 1. The Balaban J connectivity index is 0.00000420. The van der Waals surface area contributed by atoms with Crippen molar-refractivity contribution in [3.63, 3.8) is 0 Å². The van der Waals surface area contributed by atoms with Crippen molar-refractivity contribution in [1.29, 1.82) is 0 Å². The number of carbonyl (C=O) groups excluding carboxylic acids is 3. The first kappa shape index (κ1) is 24.3. The van der Waals surface area contributed by atoms with E-state index in [1.807, 2.05) is 0 Å². The van der Waals surface area contributed by atoms with E-state index in [0.29, 0.717) is 0 Å². The summed E-state index contributed by atoms with van der Waals surface area (Å²) in [5.74, 6) is -1.85. The Morgan fingerprint density at radius 3 is 2.55 bits per heavy atom. The van der Waals surface area contributed by atoms with E-state index in [1.54, 1.807) is 38.2 Å². The number of halogens is 1. The predicted molar refractivity (Wildman–Crippen MR) is 109 cm³/mol. The Hall–Kier alpha value is -2.78. The van der Waals surface area contributed by atoms with Crippen LogP contribution >= 0.6 is 12.4 Å². The summed E-state index contributed by atoms with van der Waals surface area (Å²) in [6.07, 6.45) is 1.54. The number of nitrogens with two attached hydrogens (primary N) is 1. The van der Waals surface area contributed by atoms with Gasteiger partial charge in [-0.2, -0.15) is 0 Å². The molecule has 0 fully saturated rings. The van der Waals surface area contributed by atoms with Crippen LogP contribution in [0.15, 0.2) is 24.4 Å². The zero-order valence-electron chi connectivity index (χ0n) is 16.3. The van der Waals surface area contributed by atoms with Gasteiger partial charge in [-0.15, -0.1) is 12.4 Å². The molecule has 160 valence electrons. The number of fused-ring (bicyclic) bond motifs is 1. The first-order chi connectivity index (χ1) is 13.3. The van der Waals surface area contributed by atoms with E-state index in [-0.39, 0.29) is 44.2 Å². The van der Waals surface area contributed by atoms with Gasteiger partial charge in [-0.05, 0) is 44.0 Å². The van der Waals surface area contributed by atoms with Crippen molar-refractivity contribution in [2.45, 2.75) is 38.8 Å². The van der Waals surface area contributed by atoms with Crippen molar-refractivity contribution in [3.8, 4) is 5.75 Å². The smallest absolute Gasteiger partial charge is 0.329 e. The summed E-state index contributed by atoms with van der Waals surface area (Å²) >= 11 is 0. The summed E-state index contributed by atoms with van der Waals surface area (Å²) in [5.41, 5.74) is 7.53. The molecule has 9 nitrogen and oxygen atoms in total. The molecule has 2 rings (SSSR count). The van der Waals surface area contributed by atoms with Crippen LogP contribution in [0.2, 0.25) is 0 Å². The number of aromatic nitrogens is 1. The summed E-state index contributed by atoms with van der Waals surface area (Å²) < 4.78 is 9.74. The van der Waals surface area contributed by atoms with E-state index in [1.165, 1.54) is 0 Å². The van der Waals surface area contributed by atoms with Crippen LogP contribution in [0.5, 0.6) is 5.75 Å². The van der Waals surface area contributed by atoms with E-state index >= 15 is 0 Å². The van der Waals surface area contributed by atoms with Crippen LogP contribution in [0.3, 0.4) is 0 Å². The number of hydrogen-bond donors (Lipinski definition) is 4. The van der Waals surface area contributed by atoms with E-state index in [0.717, 1.165) is 16.5 Å². The molecular formula is C19H26ClN3O6. The topological polar surface area (TPSA) is 144 Å². The van der Waals surface area contributed by atoms with Crippen molar-refractivity contribution in [2.24, 2.45) is 5.73 Å². The number of carbonyl (C=O) groups is 3. The molecular weight excluding hydrogens is 402 g/mol. The lowest BCUT2D eigenvalue weighted by molar-refractivity contribution is -0.153. The molecule has 5 N–H and O–H groups in total. The number of phenols is 1. The predicted octanol–water partition coefficient (Wildman–Crippen LogP) is 1.17. The second kappa shape index (κ2) is 11.3. The zero-order chi connectivity index (χ0) is 20.7. The Morgan fingerprint density at radius 1 is 1.21 bits per heavy atom. The van der Waals surface area contributed by atoms with Crippen molar-refractivity contribution < 1.29 is 29.0 Å². The molecule has 0 saturated carbocycles. The molecule has 0 saturated heterocycles. The standard InChI is InChI=1S/C19H25N3O6.ClH/c1-3-27-17(24)9-16(19(26)28-4-2)22-18(25)14(20)7-11-10-21-15-6-5-12(23)8-13(11)15;/h5-6,8,10,14,16,21,23H,3-4,7,9,20H2,1-2H3,(H,22,25);1H/t14-,16-;/m0./s1. The van der Waals surface area contributed by atoms with Gasteiger partial charge in [-0.3, -0.25) is 9.59 Å². The highest BCUT2D eigenvalue weighted by molar-refractivity contribution is 5.91. The summed E-state index contributed by atoms with van der Waals surface area (Å²) in [4.78, 5) is 39.3. The van der Waals surface area contributed by atoms with Gasteiger partial charge in [0.15, 0.2) is 0 Å². The fourth-order valence-corrected chi connectivity index (χ4v) is 2.77. The Bertz CT molecular complexity index is 854. The van der Waals surface area contributed by atoms with E-state index in [2.05, 4.69) is 10.3 Å². The highest BCUT2D eigenvalue weighted by Gasteiger charge is 2.28. The van der Waals surface area contributed by atoms with Gasteiger partial charge < -0.3 is 30.6 Å². The second-order valence-electron chi connectivity index (χ2n) is 6.18. The first-order valence-corrected chi connectivity index (χ1v) is 9.02. The summed E-state index contributed by atoms with van der Waals surface area (Å²) in [5, 5.41) is 12.9. The molecule has 0 aliphatic carbocycles. The second-order valence-corrected chi connectivity index (χ2v) is 6.18. The highest BCUT2D eigenvalue weighted by atomic mass is 35.5. The third-order valence-electron chi connectivity index (χ3n) is 4.09. The number of esters is 2. The number of phenolic OH excluding ortho intramolecular Hbond substituents is 1. The number of ether oxygens (including phenoxy) is 2. The van der Waals surface area contributed by atoms with Crippen LogP contribution in [0.1, 0.15) is 25.8 Å². The quantitative estimate of drug-likeness (QED) is 0.439. The molecule has 0 bridgehead atoms. The Labute approximate surface area is 174 Å². The Kier molecular flexibility index (Phi) is 9.43. The molecule has 0 spiro atoms. The Morgan fingerprint density at radius 2 is 1.90 bits per heavy atom. The van der Waals surface area contributed by atoms with Gasteiger partial charge in [-0.1, -0.05) is 0 Å². The first-order valence-electron chi connectivity index (χ1n) is 9.02. The molecule has 1 amide bonds. The van der Waals surface area contributed by atoms with Crippen LogP contribution < -0.4 is 11.1 Å². The number of nitrogens with one attached hydrogen (secondary N) is 2. The van der Waals surface area contributed by atoms with Crippen LogP contribution in [-0.4, -0.2) is 53.2 Å². The lowest BCUT2D eigenvalue weighted by Gasteiger charge is -2.19. The summed E-state index contributed by atoms with van der Waals surface area (Å²) in [6, 6.07) is 2.70. The molecule has 29 heavy (non-hydrogen) atoms. The monoisotopic (exact) mass is 427 g/mol. The molecule has 0 radical (unpaired) electrons. The molecule has 1 aromatic carbocycles. The molecule has 0 aliphatic heterocycles. The molecule has 0 unspecified atom stereocenters. The van der Waals surface area contributed by atoms with Gasteiger partial charge in [0.25, 0.3) is 0 Å². The highest BCUT2D eigenvalue weighted by Crippen LogP contribution is 2.23. The van der Waals surface area contributed by atoms with E-state index in [9.17, 15) is 19.5 Å². The fraction of sp³-hybridized carbons (Fsp3) is 0.421. The number of rotatable bonds is 9. The van der Waals surface area contributed by atoms with Gasteiger partial charge in [0, 0.05) is 17.1 Å². The van der Waals surface area contributed by atoms with Crippen molar-refractivity contribution in [2.75, 3.05) is 13.2 Å². The SMILES string of the molecule is CCOC(=O)C[C@H](NC(=O)[C@@H](N)Cc1c[nH]c2ccc(O)cc12)C(=O)OCC.Cl. The summed E-state index contributed by atoms with van der Waals surface area (Å²) in [6.45, 7) is 3.54. The summed E-state index contributed by atoms with van der Waals surface area (Å²) in [7, 11) is 0. The van der Waals surface area contributed by atoms with Crippen LogP contribution in [0.25, 0.3) is 10.9 Å². The van der Waals surface area contributed by atoms with Crippen molar-refractivity contribution >= 4 is 41.2 Å².